The summed E-state index contributed by atoms with van der Waals surface area (Å²) in [7, 11) is 0. The van der Waals surface area contributed by atoms with Crippen molar-refractivity contribution in [1.29, 1.82) is 0 Å². The number of rotatable bonds is 2. The second-order valence-corrected chi connectivity index (χ2v) is 4.33. The Morgan fingerprint density at radius 2 is 2.06 bits per heavy atom. The fraction of sp³-hybridized carbons (Fsp3) is 0.308. The molecule has 2 aromatic rings. The number of imidazole rings is 1. The van der Waals surface area contributed by atoms with Crippen LogP contribution < -0.4 is 0 Å². The molecule has 2 rings (SSSR count). The summed E-state index contributed by atoms with van der Waals surface area (Å²) >= 11 is 0. The van der Waals surface area contributed by atoms with Crippen molar-refractivity contribution in [3.8, 4) is 0 Å². The first kappa shape index (κ1) is 10.9. The molecule has 1 heterocycles. The Kier molecular flexibility index (Phi) is 2.56. The predicted octanol–water partition coefficient (Wildman–Crippen LogP) is 2.28. The summed E-state index contributed by atoms with van der Waals surface area (Å²) in [6, 6.07) is 6.01. The zero-order chi connectivity index (χ0) is 11.8. The van der Waals surface area contributed by atoms with E-state index in [1.807, 2.05) is 26.0 Å². The van der Waals surface area contributed by atoms with Crippen LogP contribution >= 0.6 is 0 Å². The number of H-pyrrole nitrogens is 1. The van der Waals surface area contributed by atoms with Gasteiger partial charge in [-0.1, -0.05) is 23.8 Å². The van der Waals surface area contributed by atoms with Crippen molar-refractivity contribution in [2.45, 2.75) is 26.4 Å². The van der Waals surface area contributed by atoms with Gasteiger partial charge in [0.1, 0.15) is 11.4 Å². The molecule has 0 aliphatic rings. The lowest BCUT2D eigenvalue weighted by molar-refractivity contribution is 0.0925. The highest BCUT2D eigenvalue weighted by Crippen LogP contribution is 2.29. The van der Waals surface area contributed by atoms with Crippen molar-refractivity contribution in [2.75, 3.05) is 0 Å². The van der Waals surface area contributed by atoms with Gasteiger partial charge in [-0.05, 0) is 31.9 Å². The van der Waals surface area contributed by atoms with Crippen LogP contribution in [0.5, 0.6) is 0 Å². The minimum absolute atomic E-state index is 0.569. The fourth-order valence-corrected chi connectivity index (χ4v) is 2.02. The number of nitrogens with one attached hydrogen (secondary N) is 1. The molecule has 0 radical (unpaired) electrons. The number of hydrogen-bond acceptors (Lipinski definition) is 2. The molecule has 0 aliphatic carbocycles. The van der Waals surface area contributed by atoms with Gasteiger partial charge < -0.3 is 10.1 Å². The van der Waals surface area contributed by atoms with Crippen LogP contribution in [0.3, 0.4) is 0 Å². The molecule has 0 bridgehead atoms. The topological polar surface area (TPSA) is 48.9 Å². The van der Waals surface area contributed by atoms with Gasteiger partial charge in [0.05, 0.1) is 0 Å². The molecule has 16 heavy (non-hydrogen) atoms. The van der Waals surface area contributed by atoms with E-state index in [1.54, 1.807) is 19.3 Å². The lowest BCUT2D eigenvalue weighted by Gasteiger charge is -2.23. The molecular weight excluding hydrogens is 200 g/mol. The summed E-state index contributed by atoms with van der Waals surface area (Å²) in [5.41, 5.74) is 2.08. The summed E-state index contributed by atoms with van der Waals surface area (Å²) in [4.78, 5) is 7.08. The molecule has 84 valence electrons. The van der Waals surface area contributed by atoms with Crippen LogP contribution in [0.25, 0.3) is 0 Å². The summed E-state index contributed by atoms with van der Waals surface area (Å²) in [6.07, 6.45) is 3.36. The van der Waals surface area contributed by atoms with Crippen LogP contribution in [0.15, 0.2) is 30.6 Å². The molecule has 0 amide bonds. The quantitative estimate of drug-likeness (QED) is 0.809. The van der Waals surface area contributed by atoms with Gasteiger partial charge in [-0.3, -0.25) is 0 Å². The average Bonchev–Trinajstić information content (AvgIpc) is 2.69. The number of aryl methyl sites for hydroxylation is 2. The third-order valence-electron chi connectivity index (χ3n) is 2.87. The molecule has 3 heteroatoms. The predicted molar refractivity (Wildman–Crippen MR) is 63.2 cm³/mol. The van der Waals surface area contributed by atoms with Gasteiger partial charge in [0.2, 0.25) is 0 Å². The number of aromatic nitrogens is 2. The highest BCUT2D eigenvalue weighted by Gasteiger charge is 2.29. The number of aromatic amines is 1. The van der Waals surface area contributed by atoms with Gasteiger partial charge in [0, 0.05) is 12.4 Å². The highest BCUT2D eigenvalue weighted by molar-refractivity contribution is 5.37. The second-order valence-electron chi connectivity index (χ2n) is 4.33. The van der Waals surface area contributed by atoms with Crippen molar-refractivity contribution < 1.29 is 5.11 Å². The van der Waals surface area contributed by atoms with Crippen molar-refractivity contribution in [3.05, 3.63) is 53.1 Å². The summed E-state index contributed by atoms with van der Waals surface area (Å²) in [6.45, 7) is 5.79. The third-order valence-corrected chi connectivity index (χ3v) is 2.87. The Labute approximate surface area is 95.2 Å². The molecule has 1 aromatic carbocycles. The SMILES string of the molecule is Cc1ccc(C(C)(O)c2ncc[nH]2)c(C)c1. The van der Waals surface area contributed by atoms with Gasteiger partial charge in [-0.2, -0.15) is 0 Å². The first-order valence-corrected chi connectivity index (χ1v) is 5.32. The molecule has 1 unspecified atom stereocenters. The smallest absolute Gasteiger partial charge is 0.144 e. The lowest BCUT2D eigenvalue weighted by Crippen LogP contribution is -2.25. The monoisotopic (exact) mass is 216 g/mol. The van der Waals surface area contributed by atoms with E-state index in [0.717, 1.165) is 11.1 Å². The molecule has 0 saturated heterocycles. The van der Waals surface area contributed by atoms with Crippen molar-refractivity contribution in [3.63, 3.8) is 0 Å². The lowest BCUT2D eigenvalue weighted by atomic mass is 9.90. The summed E-state index contributed by atoms with van der Waals surface area (Å²) in [5, 5.41) is 10.5. The average molecular weight is 216 g/mol. The molecule has 1 aromatic heterocycles. The molecule has 2 N–H and O–H groups in total. The van der Waals surface area contributed by atoms with Gasteiger partial charge >= 0.3 is 0 Å². The maximum absolute atomic E-state index is 10.5. The number of hydrogen-bond donors (Lipinski definition) is 2. The van der Waals surface area contributed by atoms with E-state index in [2.05, 4.69) is 16.0 Å². The number of aliphatic hydroxyl groups is 1. The highest BCUT2D eigenvalue weighted by atomic mass is 16.3. The molecule has 3 nitrogen and oxygen atoms in total. The van der Waals surface area contributed by atoms with E-state index >= 15 is 0 Å². The van der Waals surface area contributed by atoms with Crippen LogP contribution in [0.4, 0.5) is 0 Å². The first-order chi connectivity index (χ1) is 7.51. The molecule has 0 spiro atoms. The van der Waals surface area contributed by atoms with Crippen LogP contribution in [0.2, 0.25) is 0 Å². The number of nitrogens with zero attached hydrogens (tertiary/aromatic N) is 1. The van der Waals surface area contributed by atoms with E-state index in [0.29, 0.717) is 5.82 Å². The molecule has 0 aliphatic heterocycles. The minimum atomic E-state index is -1.07. The zero-order valence-corrected chi connectivity index (χ0v) is 9.78. The second kappa shape index (κ2) is 3.76. The summed E-state index contributed by atoms with van der Waals surface area (Å²) in [5.74, 6) is 0.569. The number of benzene rings is 1. The largest absolute Gasteiger partial charge is 0.377 e. The fourth-order valence-electron chi connectivity index (χ4n) is 2.02. The van der Waals surface area contributed by atoms with Crippen molar-refractivity contribution in [2.24, 2.45) is 0 Å². The van der Waals surface area contributed by atoms with Crippen LogP contribution in [-0.2, 0) is 5.60 Å². The molecular formula is C13H16N2O. The molecule has 0 saturated carbocycles. The van der Waals surface area contributed by atoms with E-state index in [-0.39, 0.29) is 0 Å². The van der Waals surface area contributed by atoms with E-state index in [1.165, 1.54) is 5.56 Å². The van der Waals surface area contributed by atoms with Gasteiger partial charge in [0.25, 0.3) is 0 Å². The Morgan fingerprint density at radius 3 is 2.62 bits per heavy atom. The van der Waals surface area contributed by atoms with E-state index in [9.17, 15) is 5.11 Å². The van der Waals surface area contributed by atoms with Crippen molar-refractivity contribution >= 4 is 0 Å². The van der Waals surface area contributed by atoms with Gasteiger partial charge in [-0.15, -0.1) is 0 Å². The molecule has 1 atom stereocenters. The van der Waals surface area contributed by atoms with Gasteiger partial charge in [0.15, 0.2) is 0 Å². The standard InChI is InChI=1S/C13H16N2O/c1-9-4-5-11(10(2)8-9)13(3,16)12-14-6-7-15-12/h4-8,16H,1-3H3,(H,14,15). The van der Waals surface area contributed by atoms with Crippen LogP contribution in [-0.4, -0.2) is 15.1 Å². The Balaban J connectivity index is 2.51. The van der Waals surface area contributed by atoms with E-state index < -0.39 is 5.60 Å². The maximum Gasteiger partial charge on any atom is 0.144 e. The Hall–Kier alpha value is -1.61. The van der Waals surface area contributed by atoms with Gasteiger partial charge in [-0.25, -0.2) is 4.98 Å². The summed E-state index contributed by atoms with van der Waals surface area (Å²) < 4.78 is 0. The van der Waals surface area contributed by atoms with Crippen LogP contribution in [0, 0.1) is 13.8 Å². The Bertz CT molecular complexity index is 487. The van der Waals surface area contributed by atoms with Crippen LogP contribution in [0.1, 0.15) is 29.4 Å². The van der Waals surface area contributed by atoms with Crippen molar-refractivity contribution in [1.82, 2.24) is 9.97 Å². The maximum atomic E-state index is 10.5. The third kappa shape index (κ3) is 1.74. The normalized spacial score (nSPS) is 14.8. The Morgan fingerprint density at radius 1 is 1.31 bits per heavy atom. The first-order valence-electron chi connectivity index (χ1n) is 5.32. The minimum Gasteiger partial charge on any atom is -0.377 e. The zero-order valence-electron chi connectivity index (χ0n) is 9.78. The molecule has 0 fully saturated rings. The van der Waals surface area contributed by atoms with E-state index in [4.69, 9.17) is 0 Å².